The van der Waals surface area contributed by atoms with Gasteiger partial charge in [0.25, 0.3) is 0 Å². The third kappa shape index (κ3) is 3.85. The molecule has 1 aliphatic rings. The first kappa shape index (κ1) is 16.7. The van der Waals surface area contributed by atoms with Crippen LogP contribution in [0.4, 0.5) is 0 Å². The van der Waals surface area contributed by atoms with Gasteiger partial charge in [-0.15, -0.1) is 0 Å². The zero-order valence-corrected chi connectivity index (χ0v) is 14.2. The molecule has 1 saturated heterocycles. The number of aromatic nitrogens is 2. The first-order valence-corrected chi connectivity index (χ1v) is 8.73. The smallest absolute Gasteiger partial charge is 0.335 e. The van der Waals surface area contributed by atoms with Gasteiger partial charge in [-0.3, -0.25) is 4.90 Å². The van der Waals surface area contributed by atoms with Crippen molar-refractivity contribution in [2.75, 3.05) is 13.1 Å². The number of piperidine rings is 1. The lowest BCUT2D eigenvalue weighted by atomic mass is 9.89. The number of carbonyl (C=O) groups is 1. The normalized spacial score (nSPS) is 18.6. The van der Waals surface area contributed by atoms with Crippen LogP contribution in [0.2, 0.25) is 0 Å². The van der Waals surface area contributed by atoms with E-state index < -0.39 is 5.97 Å². The number of rotatable bonds is 6. The van der Waals surface area contributed by atoms with Gasteiger partial charge >= 0.3 is 5.97 Å². The van der Waals surface area contributed by atoms with E-state index in [2.05, 4.69) is 33.6 Å². The van der Waals surface area contributed by atoms with E-state index >= 15 is 0 Å². The highest BCUT2D eigenvalue weighted by atomic mass is 16.4. The molecule has 1 aromatic heterocycles. The average Bonchev–Trinajstić information content (AvgIpc) is 3.02. The number of carboxylic acids is 1. The summed E-state index contributed by atoms with van der Waals surface area (Å²) in [7, 11) is 0. The number of hydrogen-bond donors (Lipinski definition) is 1. The molecule has 0 spiro atoms. The number of aromatic carboxylic acids is 1. The summed E-state index contributed by atoms with van der Waals surface area (Å²) in [6, 6.07) is 7.40. The summed E-state index contributed by atoms with van der Waals surface area (Å²) in [6.07, 6.45) is 7.28. The Morgan fingerprint density at radius 2 is 2.29 bits per heavy atom. The topological polar surface area (TPSA) is 58.4 Å². The summed E-state index contributed by atoms with van der Waals surface area (Å²) in [6.45, 7) is 6.09. The van der Waals surface area contributed by atoms with Crippen LogP contribution >= 0.6 is 0 Å². The highest BCUT2D eigenvalue weighted by molar-refractivity contribution is 5.87. The lowest BCUT2D eigenvalue weighted by Crippen LogP contribution is -2.34. The van der Waals surface area contributed by atoms with Crippen molar-refractivity contribution in [2.45, 2.75) is 45.2 Å². The number of likely N-dealkylation sites (tertiary alicyclic amines) is 1. The zero-order chi connectivity index (χ0) is 16.9. The fraction of sp³-hybridized carbons (Fsp3) is 0.474. The van der Waals surface area contributed by atoms with Crippen molar-refractivity contribution in [1.29, 1.82) is 0 Å². The van der Waals surface area contributed by atoms with Crippen molar-refractivity contribution in [1.82, 2.24) is 14.5 Å². The molecular weight excluding hydrogens is 302 g/mol. The number of aryl methyl sites for hydroxylation is 1. The molecule has 5 nitrogen and oxygen atoms in total. The Kier molecular flexibility index (Phi) is 5.30. The minimum absolute atomic E-state index is 0.378. The van der Waals surface area contributed by atoms with Crippen LogP contribution < -0.4 is 0 Å². The van der Waals surface area contributed by atoms with Gasteiger partial charge in [-0.1, -0.05) is 19.1 Å². The molecule has 2 heterocycles. The van der Waals surface area contributed by atoms with E-state index in [9.17, 15) is 9.90 Å². The third-order valence-corrected chi connectivity index (χ3v) is 4.74. The Labute approximate surface area is 142 Å². The summed E-state index contributed by atoms with van der Waals surface area (Å²) in [5.41, 5.74) is 1.51. The molecule has 1 aliphatic heterocycles. The number of benzene rings is 1. The van der Waals surface area contributed by atoms with Crippen LogP contribution in [0, 0.1) is 0 Å². The Morgan fingerprint density at radius 1 is 1.42 bits per heavy atom. The summed E-state index contributed by atoms with van der Waals surface area (Å²) >= 11 is 0. The first-order chi connectivity index (χ1) is 11.7. The fourth-order valence-electron chi connectivity index (χ4n) is 3.53. The number of nitrogens with zero attached hydrogens (tertiary/aromatic N) is 3. The largest absolute Gasteiger partial charge is 0.478 e. The molecular formula is C19H25N3O2. The van der Waals surface area contributed by atoms with Gasteiger partial charge in [0.15, 0.2) is 0 Å². The van der Waals surface area contributed by atoms with Crippen molar-refractivity contribution in [3.63, 3.8) is 0 Å². The van der Waals surface area contributed by atoms with Crippen LogP contribution in [0.25, 0.3) is 0 Å². The average molecular weight is 327 g/mol. The maximum absolute atomic E-state index is 11.2. The molecule has 24 heavy (non-hydrogen) atoms. The summed E-state index contributed by atoms with van der Waals surface area (Å²) in [5.74, 6) is 0.663. The Bertz CT molecular complexity index is 695. The van der Waals surface area contributed by atoms with Gasteiger partial charge in [0, 0.05) is 25.5 Å². The van der Waals surface area contributed by atoms with E-state index in [1.165, 1.54) is 0 Å². The third-order valence-electron chi connectivity index (χ3n) is 4.74. The van der Waals surface area contributed by atoms with Crippen molar-refractivity contribution in [3.05, 3.63) is 53.6 Å². The molecule has 128 valence electrons. The molecule has 3 rings (SSSR count). The standard InChI is InChI=1S/C19H25N3O2/c1-2-9-22-11-8-20-18(22)14-21-10-4-7-17(13-21)15-5-3-6-16(12-15)19(23)24/h3,5-6,8,11-12,17H,2,4,7,9-10,13-14H2,1H3,(H,23,24)/t17-/m1/s1. The Morgan fingerprint density at radius 3 is 3.08 bits per heavy atom. The molecule has 0 bridgehead atoms. The monoisotopic (exact) mass is 327 g/mol. The lowest BCUT2D eigenvalue weighted by molar-refractivity contribution is 0.0696. The van der Waals surface area contributed by atoms with Crippen molar-refractivity contribution >= 4 is 5.97 Å². The molecule has 0 amide bonds. The van der Waals surface area contributed by atoms with E-state index in [0.29, 0.717) is 11.5 Å². The molecule has 5 heteroatoms. The van der Waals surface area contributed by atoms with Gasteiger partial charge in [-0.05, 0) is 49.4 Å². The van der Waals surface area contributed by atoms with Crippen molar-refractivity contribution in [2.24, 2.45) is 0 Å². The Hall–Kier alpha value is -2.14. The maximum atomic E-state index is 11.2. The van der Waals surface area contributed by atoms with Gasteiger partial charge < -0.3 is 9.67 Å². The van der Waals surface area contributed by atoms with Gasteiger partial charge in [0.1, 0.15) is 5.82 Å². The lowest BCUT2D eigenvalue weighted by Gasteiger charge is -2.33. The highest BCUT2D eigenvalue weighted by Gasteiger charge is 2.23. The molecule has 1 fully saturated rings. The minimum atomic E-state index is -0.855. The molecule has 0 saturated carbocycles. The molecule has 1 N–H and O–H groups in total. The molecule has 0 unspecified atom stereocenters. The molecule has 0 aliphatic carbocycles. The van der Waals surface area contributed by atoms with Crippen molar-refractivity contribution < 1.29 is 9.90 Å². The van der Waals surface area contributed by atoms with Crippen molar-refractivity contribution in [3.8, 4) is 0 Å². The maximum Gasteiger partial charge on any atom is 0.335 e. The SMILES string of the molecule is CCCn1ccnc1CN1CCC[C@@H](c2cccc(C(=O)O)c2)C1. The van der Waals surface area contributed by atoms with Crippen LogP contribution in [-0.4, -0.2) is 38.6 Å². The van der Waals surface area contributed by atoms with Gasteiger partial charge in [0.05, 0.1) is 12.1 Å². The van der Waals surface area contributed by atoms with E-state index in [1.807, 2.05) is 18.3 Å². The molecule has 1 aromatic carbocycles. The molecule has 2 aromatic rings. The number of carboxylic acid groups (broad SMARTS) is 1. The van der Waals surface area contributed by atoms with E-state index in [1.54, 1.807) is 6.07 Å². The number of imidazole rings is 1. The second kappa shape index (κ2) is 7.62. The second-order valence-corrected chi connectivity index (χ2v) is 6.54. The zero-order valence-electron chi connectivity index (χ0n) is 14.2. The summed E-state index contributed by atoms with van der Waals surface area (Å²) < 4.78 is 2.23. The van der Waals surface area contributed by atoms with Crippen LogP contribution in [0.15, 0.2) is 36.7 Å². The van der Waals surface area contributed by atoms with E-state index in [4.69, 9.17) is 0 Å². The predicted molar refractivity (Wildman–Crippen MR) is 93.2 cm³/mol. The van der Waals surface area contributed by atoms with Crippen LogP contribution in [0.5, 0.6) is 0 Å². The van der Waals surface area contributed by atoms with Gasteiger partial charge in [-0.25, -0.2) is 9.78 Å². The van der Waals surface area contributed by atoms with Crippen LogP contribution in [-0.2, 0) is 13.1 Å². The summed E-state index contributed by atoms with van der Waals surface area (Å²) in [4.78, 5) is 18.1. The first-order valence-electron chi connectivity index (χ1n) is 8.73. The van der Waals surface area contributed by atoms with E-state index in [-0.39, 0.29) is 0 Å². The predicted octanol–water partition coefficient (Wildman–Crippen LogP) is 3.37. The van der Waals surface area contributed by atoms with E-state index in [0.717, 1.165) is 56.8 Å². The Balaban J connectivity index is 1.69. The van der Waals surface area contributed by atoms with Crippen LogP contribution in [0.3, 0.4) is 0 Å². The summed E-state index contributed by atoms with van der Waals surface area (Å²) in [5, 5.41) is 9.19. The van der Waals surface area contributed by atoms with Gasteiger partial charge in [-0.2, -0.15) is 0 Å². The van der Waals surface area contributed by atoms with Crippen LogP contribution in [0.1, 0.15) is 53.8 Å². The highest BCUT2D eigenvalue weighted by Crippen LogP contribution is 2.28. The molecule has 0 radical (unpaired) electrons. The quantitative estimate of drug-likeness (QED) is 0.884. The number of hydrogen-bond acceptors (Lipinski definition) is 3. The minimum Gasteiger partial charge on any atom is -0.478 e. The fourth-order valence-corrected chi connectivity index (χ4v) is 3.53. The molecule has 1 atom stereocenters. The van der Waals surface area contributed by atoms with Gasteiger partial charge in [0.2, 0.25) is 0 Å². The second-order valence-electron chi connectivity index (χ2n) is 6.54.